The summed E-state index contributed by atoms with van der Waals surface area (Å²) in [5.74, 6) is -1.93. The van der Waals surface area contributed by atoms with Gasteiger partial charge in [-0.15, -0.1) is 0 Å². The van der Waals surface area contributed by atoms with Gasteiger partial charge in [0.05, 0.1) is 0 Å². The monoisotopic (exact) mass is 286 g/mol. The highest BCUT2D eigenvalue weighted by Crippen LogP contribution is 2.16. The SMILES string of the molecule is CC(C)C(=O)C(F)C(=O)c1cccc(Br)c1. The molecule has 86 valence electrons. The van der Waals surface area contributed by atoms with Gasteiger partial charge >= 0.3 is 0 Å². The molecular weight excluding hydrogens is 275 g/mol. The van der Waals surface area contributed by atoms with Gasteiger partial charge in [-0.3, -0.25) is 9.59 Å². The molecule has 1 unspecified atom stereocenters. The molecule has 0 spiro atoms. The number of halogens is 2. The van der Waals surface area contributed by atoms with Crippen molar-refractivity contribution in [1.29, 1.82) is 0 Å². The normalized spacial score (nSPS) is 12.6. The van der Waals surface area contributed by atoms with Crippen LogP contribution < -0.4 is 0 Å². The Hall–Kier alpha value is -1.03. The van der Waals surface area contributed by atoms with E-state index in [0.717, 1.165) is 0 Å². The van der Waals surface area contributed by atoms with E-state index < -0.39 is 23.7 Å². The minimum atomic E-state index is -2.06. The number of Topliss-reactive ketones (excluding diaryl/α,β-unsaturated/α-hetero) is 2. The van der Waals surface area contributed by atoms with Crippen LogP contribution in [0.5, 0.6) is 0 Å². The third-order valence-corrected chi connectivity index (χ3v) is 2.65. The van der Waals surface area contributed by atoms with Crippen molar-refractivity contribution in [1.82, 2.24) is 0 Å². The first-order chi connectivity index (χ1) is 7.43. The van der Waals surface area contributed by atoms with Crippen molar-refractivity contribution in [2.75, 3.05) is 0 Å². The fourth-order valence-electron chi connectivity index (χ4n) is 1.21. The molecule has 16 heavy (non-hydrogen) atoms. The van der Waals surface area contributed by atoms with Gasteiger partial charge in [0.1, 0.15) is 0 Å². The smallest absolute Gasteiger partial charge is 0.221 e. The second kappa shape index (κ2) is 5.34. The van der Waals surface area contributed by atoms with Gasteiger partial charge < -0.3 is 0 Å². The largest absolute Gasteiger partial charge is 0.296 e. The molecule has 0 fully saturated rings. The second-order valence-corrected chi connectivity index (χ2v) is 4.71. The molecule has 0 N–H and O–H groups in total. The Balaban J connectivity index is 2.90. The summed E-state index contributed by atoms with van der Waals surface area (Å²) in [5, 5.41) is 0. The van der Waals surface area contributed by atoms with E-state index in [2.05, 4.69) is 15.9 Å². The van der Waals surface area contributed by atoms with Crippen molar-refractivity contribution < 1.29 is 14.0 Å². The molecule has 0 aromatic heterocycles. The van der Waals surface area contributed by atoms with Gasteiger partial charge in [-0.05, 0) is 12.1 Å². The molecule has 4 heteroatoms. The second-order valence-electron chi connectivity index (χ2n) is 3.79. The van der Waals surface area contributed by atoms with Crippen LogP contribution in [0.3, 0.4) is 0 Å². The predicted octanol–water partition coefficient (Wildman–Crippen LogP) is 3.20. The van der Waals surface area contributed by atoms with Crippen molar-refractivity contribution in [3.8, 4) is 0 Å². The van der Waals surface area contributed by atoms with Gasteiger partial charge in [0.25, 0.3) is 0 Å². The Morgan fingerprint density at radius 3 is 2.44 bits per heavy atom. The highest BCUT2D eigenvalue weighted by atomic mass is 79.9. The molecule has 1 atom stereocenters. The van der Waals surface area contributed by atoms with Crippen molar-refractivity contribution in [3.05, 3.63) is 34.3 Å². The molecule has 0 aliphatic carbocycles. The topological polar surface area (TPSA) is 34.1 Å². The molecule has 0 radical (unpaired) electrons. The van der Waals surface area contributed by atoms with Crippen molar-refractivity contribution in [2.45, 2.75) is 20.0 Å². The fraction of sp³-hybridized carbons (Fsp3) is 0.333. The summed E-state index contributed by atoms with van der Waals surface area (Å²) in [6.45, 7) is 3.15. The first-order valence-electron chi connectivity index (χ1n) is 4.91. The average Bonchev–Trinajstić information content (AvgIpc) is 2.26. The van der Waals surface area contributed by atoms with E-state index in [1.807, 2.05) is 0 Å². The van der Waals surface area contributed by atoms with Crippen LogP contribution in [-0.2, 0) is 4.79 Å². The van der Waals surface area contributed by atoms with Crippen LogP contribution in [0.2, 0.25) is 0 Å². The first-order valence-corrected chi connectivity index (χ1v) is 5.70. The molecule has 0 bridgehead atoms. The molecule has 0 aliphatic rings. The molecule has 1 rings (SSSR count). The molecule has 2 nitrogen and oxygen atoms in total. The summed E-state index contributed by atoms with van der Waals surface area (Å²) in [4.78, 5) is 23.0. The third-order valence-electron chi connectivity index (χ3n) is 2.16. The lowest BCUT2D eigenvalue weighted by Crippen LogP contribution is -2.29. The molecule has 0 aliphatic heterocycles. The zero-order valence-electron chi connectivity index (χ0n) is 9.04. The predicted molar refractivity (Wildman–Crippen MR) is 63.2 cm³/mol. The molecule has 0 saturated carbocycles. The number of carbonyl (C=O) groups excluding carboxylic acids is 2. The summed E-state index contributed by atoms with van der Waals surface area (Å²) < 4.78 is 14.2. The standard InChI is InChI=1S/C12H12BrFO2/c1-7(2)11(15)10(14)12(16)8-4-3-5-9(13)6-8/h3-7,10H,1-2H3. The number of rotatable bonds is 4. The molecule has 1 aromatic rings. The lowest BCUT2D eigenvalue weighted by atomic mass is 9.98. The Morgan fingerprint density at radius 2 is 1.94 bits per heavy atom. The molecular formula is C12H12BrFO2. The van der Waals surface area contributed by atoms with Gasteiger partial charge in [-0.1, -0.05) is 41.9 Å². The van der Waals surface area contributed by atoms with E-state index in [0.29, 0.717) is 4.47 Å². The van der Waals surface area contributed by atoms with E-state index >= 15 is 0 Å². The Morgan fingerprint density at radius 1 is 1.31 bits per heavy atom. The van der Waals surface area contributed by atoms with Crippen LogP contribution in [0, 0.1) is 5.92 Å². The summed E-state index contributed by atoms with van der Waals surface area (Å²) in [7, 11) is 0. The van der Waals surface area contributed by atoms with Crippen LogP contribution >= 0.6 is 15.9 Å². The van der Waals surface area contributed by atoms with Crippen LogP contribution in [-0.4, -0.2) is 17.7 Å². The minimum absolute atomic E-state index is 0.205. The van der Waals surface area contributed by atoms with Gasteiger partial charge in [0.15, 0.2) is 5.78 Å². The van der Waals surface area contributed by atoms with Gasteiger partial charge in [0.2, 0.25) is 12.0 Å². The summed E-state index contributed by atoms with van der Waals surface area (Å²) in [5.41, 5.74) is 0.205. The number of benzene rings is 1. The Labute approximate surface area is 102 Å². The van der Waals surface area contributed by atoms with Crippen LogP contribution in [0.15, 0.2) is 28.7 Å². The van der Waals surface area contributed by atoms with Crippen LogP contribution in [0.1, 0.15) is 24.2 Å². The van der Waals surface area contributed by atoms with Crippen LogP contribution in [0.4, 0.5) is 4.39 Å². The zero-order chi connectivity index (χ0) is 12.3. The summed E-state index contributed by atoms with van der Waals surface area (Å²) in [6.07, 6.45) is -2.06. The van der Waals surface area contributed by atoms with Crippen molar-refractivity contribution >= 4 is 27.5 Å². The molecule has 0 saturated heterocycles. The van der Waals surface area contributed by atoms with Gasteiger partial charge in [-0.2, -0.15) is 0 Å². The van der Waals surface area contributed by atoms with Crippen LogP contribution in [0.25, 0.3) is 0 Å². The Kier molecular flexibility index (Phi) is 4.35. The van der Waals surface area contributed by atoms with E-state index in [-0.39, 0.29) is 5.56 Å². The molecule has 0 heterocycles. The lowest BCUT2D eigenvalue weighted by Gasteiger charge is -2.09. The Bertz CT molecular complexity index is 415. The van der Waals surface area contributed by atoms with Crippen molar-refractivity contribution in [2.24, 2.45) is 5.92 Å². The summed E-state index contributed by atoms with van der Waals surface area (Å²) >= 11 is 3.19. The zero-order valence-corrected chi connectivity index (χ0v) is 10.6. The number of hydrogen-bond donors (Lipinski definition) is 0. The number of alkyl halides is 1. The van der Waals surface area contributed by atoms with Gasteiger partial charge in [-0.25, -0.2) is 4.39 Å². The first kappa shape index (κ1) is 13.0. The lowest BCUT2D eigenvalue weighted by molar-refractivity contribution is -0.125. The van der Waals surface area contributed by atoms with E-state index in [1.54, 1.807) is 26.0 Å². The molecule has 1 aromatic carbocycles. The number of hydrogen-bond acceptors (Lipinski definition) is 2. The highest BCUT2D eigenvalue weighted by molar-refractivity contribution is 9.10. The number of carbonyl (C=O) groups is 2. The maximum Gasteiger partial charge on any atom is 0.221 e. The van der Waals surface area contributed by atoms with E-state index in [9.17, 15) is 14.0 Å². The average molecular weight is 287 g/mol. The quantitative estimate of drug-likeness (QED) is 0.629. The van der Waals surface area contributed by atoms with E-state index in [1.165, 1.54) is 12.1 Å². The maximum absolute atomic E-state index is 13.5. The fourth-order valence-corrected chi connectivity index (χ4v) is 1.61. The number of ketones is 2. The van der Waals surface area contributed by atoms with Crippen molar-refractivity contribution in [3.63, 3.8) is 0 Å². The third kappa shape index (κ3) is 2.98. The van der Waals surface area contributed by atoms with E-state index in [4.69, 9.17) is 0 Å². The highest BCUT2D eigenvalue weighted by Gasteiger charge is 2.28. The minimum Gasteiger partial charge on any atom is -0.296 e. The van der Waals surface area contributed by atoms with Gasteiger partial charge in [0, 0.05) is 16.0 Å². The molecule has 0 amide bonds. The summed E-state index contributed by atoms with van der Waals surface area (Å²) in [6, 6.07) is 6.36. The maximum atomic E-state index is 13.5.